The standard InChI is InChI=1S/C22H22I2N2O5/c1-12(14-2-7-19(28)26-11-14)22(24)10-13(9-18(25)21(29)30)8-17(23)20(22)31-16-5-3-15(27)4-6-16/h2-8,11-12,18,27H,9-10,25H2,1H3,(H,26,28)(H,29,30)/t12?,18-,22?/m0/s1. The molecule has 5 N–H and O–H groups in total. The van der Waals surface area contributed by atoms with E-state index >= 15 is 0 Å². The molecule has 2 unspecified atom stereocenters. The third-order valence-electron chi connectivity index (χ3n) is 5.26. The van der Waals surface area contributed by atoms with Gasteiger partial charge in [0.05, 0.1) is 7.00 Å². The summed E-state index contributed by atoms with van der Waals surface area (Å²) in [5.41, 5.74) is 7.47. The molecule has 1 aliphatic carbocycles. The number of aromatic amines is 1. The molecule has 0 saturated heterocycles. The molecule has 2 aromatic rings. The summed E-state index contributed by atoms with van der Waals surface area (Å²) in [5, 5.41) is 18.8. The second-order valence-corrected chi connectivity index (χ2v) is 10.6. The molecule has 31 heavy (non-hydrogen) atoms. The predicted molar refractivity (Wildman–Crippen MR) is 135 cm³/mol. The van der Waals surface area contributed by atoms with Crippen molar-refractivity contribution in [3.8, 4) is 11.5 Å². The number of ether oxygens (including phenoxy) is 1. The number of nitrogens with one attached hydrogen (secondary N) is 1. The maximum Gasteiger partial charge on any atom is 0.320 e. The number of carbonyl (C=O) groups is 1. The molecule has 0 amide bonds. The molecule has 0 spiro atoms. The highest BCUT2D eigenvalue weighted by Gasteiger charge is 2.44. The molecule has 0 radical (unpaired) electrons. The number of benzene rings is 1. The lowest BCUT2D eigenvalue weighted by atomic mass is 9.78. The summed E-state index contributed by atoms with van der Waals surface area (Å²) in [6, 6.07) is 8.77. The van der Waals surface area contributed by atoms with Gasteiger partial charge in [-0.3, -0.25) is 9.59 Å². The van der Waals surface area contributed by atoms with Crippen LogP contribution in [0.5, 0.6) is 11.5 Å². The van der Waals surface area contributed by atoms with Gasteiger partial charge in [0, 0.05) is 18.2 Å². The van der Waals surface area contributed by atoms with Crippen molar-refractivity contribution >= 4 is 51.2 Å². The lowest BCUT2D eigenvalue weighted by molar-refractivity contribution is -0.138. The fourth-order valence-electron chi connectivity index (χ4n) is 3.48. The van der Waals surface area contributed by atoms with Gasteiger partial charge in [-0.1, -0.05) is 41.2 Å². The SMILES string of the molecule is CC(c1ccc(=O)[nH]c1)C1(I)CC(C[C@H](N)C(=O)O)=CC(I)=C1Oc1ccc(O)cc1. The predicted octanol–water partition coefficient (Wildman–Crippen LogP) is 4.22. The summed E-state index contributed by atoms with van der Waals surface area (Å²) < 4.78 is 6.57. The highest BCUT2D eigenvalue weighted by atomic mass is 127. The normalized spacial score (nSPS) is 20.7. The molecular weight excluding hydrogens is 626 g/mol. The number of allylic oxidation sites excluding steroid dienone is 3. The number of rotatable bonds is 7. The van der Waals surface area contributed by atoms with E-state index in [0.717, 1.165) is 20.5 Å². The van der Waals surface area contributed by atoms with Gasteiger partial charge < -0.3 is 25.7 Å². The number of aromatic nitrogens is 1. The van der Waals surface area contributed by atoms with Crippen LogP contribution in [-0.4, -0.2) is 30.6 Å². The number of nitrogens with two attached hydrogens (primary N) is 1. The van der Waals surface area contributed by atoms with Crippen LogP contribution in [0.4, 0.5) is 0 Å². The Morgan fingerprint density at radius 1 is 1.29 bits per heavy atom. The molecule has 1 aromatic carbocycles. The van der Waals surface area contributed by atoms with Crippen molar-refractivity contribution in [1.29, 1.82) is 0 Å². The number of hydrogen-bond acceptors (Lipinski definition) is 5. The summed E-state index contributed by atoms with van der Waals surface area (Å²) in [5.74, 6) is 0.332. The van der Waals surface area contributed by atoms with Crippen molar-refractivity contribution in [2.24, 2.45) is 5.73 Å². The lowest BCUT2D eigenvalue weighted by Gasteiger charge is -2.39. The van der Waals surface area contributed by atoms with E-state index in [2.05, 4.69) is 50.2 Å². The van der Waals surface area contributed by atoms with Crippen LogP contribution in [0.15, 0.2) is 68.4 Å². The number of phenolic OH excluding ortho intramolecular Hbond substituents is 1. The summed E-state index contributed by atoms with van der Waals surface area (Å²) in [7, 11) is 0. The van der Waals surface area contributed by atoms with Crippen molar-refractivity contribution in [3.63, 3.8) is 0 Å². The largest absolute Gasteiger partial charge is 0.508 e. The molecule has 1 aliphatic rings. The van der Waals surface area contributed by atoms with Gasteiger partial charge in [0.1, 0.15) is 23.3 Å². The van der Waals surface area contributed by atoms with Crippen LogP contribution in [0, 0.1) is 0 Å². The Kier molecular flexibility index (Phi) is 7.47. The average Bonchev–Trinajstić information content (AvgIpc) is 2.72. The van der Waals surface area contributed by atoms with E-state index in [9.17, 15) is 19.8 Å². The highest BCUT2D eigenvalue weighted by Crippen LogP contribution is 2.51. The van der Waals surface area contributed by atoms with Crippen LogP contribution in [0.2, 0.25) is 0 Å². The zero-order chi connectivity index (χ0) is 22.8. The first-order valence-electron chi connectivity index (χ1n) is 9.52. The number of alkyl halides is 1. The van der Waals surface area contributed by atoms with Crippen molar-refractivity contribution in [3.05, 3.63) is 79.5 Å². The van der Waals surface area contributed by atoms with E-state index in [4.69, 9.17) is 10.5 Å². The van der Waals surface area contributed by atoms with Crippen LogP contribution in [-0.2, 0) is 4.79 Å². The topological polar surface area (TPSA) is 126 Å². The fraction of sp³-hybridized carbons (Fsp3) is 0.273. The van der Waals surface area contributed by atoms with E-state index in [0.29, 0.717) is 12.2 Å². The first kappa shape index (κ1) is 23.8. The minimum Gasteiger partial charge on any atom is -0.508 e. The monoisotopic (exact) mass is 648 g/mol. The minimum atomic E-state index is -1.04. The number of hydrogen-bond donors (Lipinski definition) is 4. The number of phenols is 1. The third-order valence-corrected chi connectivity index (χ3v) is 7.87. The van der Waals surface area contributed by atoms with Crippen LogP contribution in [0.1, 0.15) is 31.2 Å². The molecule has 0 fully saturated rings. The summed E-state index contributed by atoms with van der Waals surface area (Å²) in [4.78, 5) is 25.5. The van der Waals surface area contributed by atoms with Crippen molar-refractivity contribution < 1.29 is 19.7 Å². The van der Waals surface area contributed by atoms with Gasteiger partial charge >= 0.3 is 5.97 Å². The Hall–Kier alpha value is -1.86. The molecular formula is C22H22I2N2O5. The van der Waals surface area contributed by atoms with E-state index in [1.54, 1.807) is 36.5 Å². The fourth-order valence-corrected chi connectivity index (χ4v) is 6.28. The maximum atomic E-state index is 11.5. The zero-order valence-electron chi connectivity index (χ0n) is 16.6. The van der Waals surface area contributed by atoms with E-state index in [1.807, 2.05) is 13.0 Å². The van der Waals surface area contributed by atoms with Crippen molar-refractivity contribution in [1.82, 2.24) is 4.98 Å². The van der Waals surface area contributed by atoms with Gasteiger partial charge in [-0.2, -0.15) is 0 Å². The van der Waals surface area contributed by atoms with Crippen LogP contribution in [0.3, 0.4) is 0 Å². The summed E-state index contributed by atoms with van der Waals surface area (Å²) in [6.07, 6.45) is 4.39. The molecule has 0 bridgehead atoms. The Morgan fingerprint density at radius 2 is 1.97 bits per heavy atom. The number of H-pyrrole nitrogens is 1. The molecule has 7 nitrogen and oxygen atoms in total. The third kappa shape index (κ3) is 5.50. The molecule has 164 valence electrons. The second kappa shape index (κ2) is 9.74. The Labute approximate surface area is 206 Å². The molecule has 3 rings (SSSR count). The molecule has 1 aromatic heterocycles. The lowest BCUT2D eigenvalue weighted by Crippen LogP contribution is -2.38. The van der Waals surface area contributed by atoms with Gasteiger partial charge in [0.15, 0.2) is 0 Å². The van der Waals surface area contributed by atoms with Crippen LogP contribution < -0.4 is 16.0 Å². The summed E-state index contributed by atoms with van der Waals surface area (Å²) in [6.45, 7) is 2.05. The molecule has 9 heteroatoms. The van der Waals surface area contributed by atoms with Gasteiger partial charge in [-0.05, 0) is 71.3 Å². The zero-order valence-corrected chi connectivity index (χ0v) is 21.0. The Morgan fingerprint density at radius 3 is 2.55 bits per heavy atom. The highest BCUT2D eigenvalue weighted by molar-refractivity contribution is 14.1. The van der Waals surface area contributed by atoms with Gasteiger partial charge in [0.25, 0.3) is 0 Å². The quantitative estimate of drug-likeness (QED) is 0.264. The number of aliphatic carboxylic acids is 1. The second-order valence-electron chi connectivity index (χ2n) is 7.47. The van der Waals surface area contributed by atoms with Gasteiger partial charge in [-0.15, -0.1) is 0 Å². The number of aromatic hydroxyl groups is 1. The first-order chi connectivity index (χ1) is 14.6. The molecule has 3 atom stereocenters. The van der Waals surface area contributed by atoms with Crippen molar-refractivity contribution in [2.45, 2.75) is 35.1 Å². The number of carboxylic acid groups (broad SMARTS) is 1. The Bertz CT molecular complexity index is 1070. The maximum absolute atomic E-state index is 11.5. The van der Waals surface area contributed by atoms with Crippen LogP contribution in [0.25, 0.3) is 0 Å². The minimum absolute atomic E-state index is 0.0772. The van der Waals surface area contributed by atoms with Crippen LogP contribution >= 0.6 is 45.2 Å². The number of pyridine rings is 1. The van der Waals surface area contributed by atoms with Gasteiger partial charge in [-0.25, -0.2) is 0 Å². The van der Waals surface area contributed by atoms with E-state index < -0.39 is 15.4 Å². The van der Waals surface area contributed by atoms with E-state index in [1.165, 1.54) is 6.07 Å². The smallest absolute Gasteiger partial charge is 0.320 e. The van der Waals surface area contributed by atoms with Crippen molar-refractivity contribution in [2.75, 3.05) is 0 Å². The molecule has 1 heterocycles. The first-order valence-corrected chi connectivity index (χ1v) is 11.7. The average molecular weight is 648 g/mol. The number of halogens is 2. The molecule has 0 saturated carbocycles. The van der Waals surface area contributed by atoms with Gasteiger partial charge in [0.2, 0.25) is 5.56 Å². The Balaban J connectivity index is 2.04. The van der Waals surface area contributed by atoms with E-state index in [-0.39, 0.29) is 23.6 Å². The number of carboxylic acids is 1. The summed E-state index contributed by atoms with van der Waals surface area (Å²) >= 11 is 4.55. The molecule has 0 aliphatic heterocycles.